The molecule has 0 saturated heterocycles. The Hall–Kier alpha value is -2.75. The Morgan fingerprint density at radius 3 is 2.33 bits per heavy atom. The lowest BCUT2D eigenvalue weighted by molar-refractivity contribution is 0.714. The average Bonchev–Trinajstić information content (AvgIpc) is 3.21. The molecule has 0 spiro atoms. The number of benzene rings is 3. The van der Waals surface area contributed by atoms with E-state index in [2.05, 4.69) is 47.2 Å². The van der Waals surface area contributed by atoms with Gasteiger partial charge in [0.15, 0.2) is 0 Å². The third-order valence-electron chi connectivity index (χ3n) is 4.92. The van der Waals surface area contributed by atoms with E-state index in [1.165, 1.54) is 5.56 Å². The number of aromatic nitrogens is 2. The van der Waals surface area contributed by atoms with Crippen molar-refractivity contribution in [1.82, 2.24) is 9.55 Å². The maximum atomic E-state index is 6.53. The minimum Gasteiger partial charge on any atom is -0.343 e. The van der Waals surface area contributed by atoms with Crippen molar-refractivity contribution in [3.63, 3.8) is 0 Å². The molecule has 0 saturated carbocycles. The second kappa shape index (κ2) is 9.84. The molecule has 5 heteroatoms. The number of nitrogens with zero attached hydrogens (tertiary/aromatic N) is 2. The highest BCUT2D eigenvalue weighted by atomic mass is 35.5. The summed E-state index contributed by atoms with van der Waals surface area (Å²) >= 11 is 12.9. The molecule has 0 aliphatic heterocycles. The number of aryl methyl sites for hydroxylation is 2. The minimum atomic E-state index is 0.689. The predicted octanol–water partition coefficient (Wildman–Crippen LogP) is 5.96. The Bertz CT molecular complexity index is 1150. The van der Waals surface area contributed by atoms with Gasteiger partial charge in [0.2, 0.25) is 7.28 Å². The van der Waals surface area contributed by atoms with Crippen molar-refractivity contribution in [1.29, 1.82) is 0 Å². The molecule has 0 aliphatic rings. The van der Waals surface area contributed by atoms with E-state index in [4.69, 9.17) is 23.2 Å². The van der Waals surface area contributed by atoms with Gasteiger partial charge in [-0.15, -0.1) is 0 Å². The van der Waals surface area contributed by atoms with Gasteiger partial charge in [-0.1, -0.05) is 101 Å². The molecule has 1 heterocycles. The Kier molecular flexibility index (Phi) is 6.73. The summed E-state index contributed by atoms with van der Waals surface area (Å²) in [5.41, 5.74) is 5.02. The lowest BCUT2D eigenvalue weighted by Crippen LogP contribution is -2.28. The first-order valence-corrected chi connectivity index (χ1v) is 10.6. The van der Waals surface area contributed by atoms with Crippen LogP contribution in [0.1, 0.15) is 16.7 Å². The van der Waals surface area contributed by atoms with Gasteiger partial charge >= 0.3 is 0 Å². The molecule has 1 radical (unpaired) electrons. The van der Waals surface area contributed by atoms with Crippen LogP contribution in [0.25, 0.3) is 11.5 Å². The number of imidazole rings is 1. The monoisotopic (exact) mass is 429 g/mol. The minimum absolute atomic E-state index is 0.689. The maximum Gasteiger partial charge on any atom is 0.241 e. The molecule has 4 aromatic rings. The zero-order chi connectivity index (χ0) is 20.8. The Labute approximate surface area is 188 Å². The summed E-state index contributed by atoms with van der Waals surface area (Å²) in [6, 6.07) is 26.1. The average molecular weight is 430 g/mol. The molecule has 0 bridgehead atoms. The van der Waals surface area contributed by atoms with Crippen LogP contribution in [0.2, 0.25) is 10.0 Å². The molecule has 3 aromatic carbocycles. The van der Waals surface area contributed by atoms with E-state index >= 15 is 0 Å². The quantitative estimate of drug-likeness (QED) is 0.261. The highest BCUT2D eigenvalue weighted by molar-refractivity contribution is 6.73. The van der Waals surface area contributed by atoms with E-state index in [-0.39, 0.29) is 0 Å². The van der Waals surface area contributed by atoms with Crippen LogP contribution in [-0.4, -0.2) is 16.8 Å². The van der Waals surface area contributed by atoms with Crippen molar-refractivity contribution < 1.29 is 0 Å². The molecule has 0 atom stereocenters. The van der Waals surface area contributed by atoms with Crippen LogP contribution >= 0.6 is 23.2 Å². The second-order valence-electron chi connectivity index (χ2n) is 6.96. The fourth-order valence-corrected chi connectivity index (χ4v) is 3.77. The standard InChI is InChI=1S/C25H20BCl2N2/c27-23-12-6-4-10-20(23)18-22(21-11-5-7-13-24(21)28)26-25-29-15-17-30(25)16-14-19-8-2-1-3-9-19/h1-13,15,17-18H,14,16H2. The third kappa shape index (κ3) is 5.05. The fourth-order valence-electron chi connectivity index (χ4n) is 3.34. The number of hydrogen-bond donors (Lipinski definition) is 0. The molecular weight excluding hydrogens is 410 g/mol. The smallest absolute Gasteiger partial charge is 0.241 e. The van der Waals surface area contributed by atoms with Crippen LogP contribution in [0.3, 0.4) is 0 Å². The van der Waals surface area contributed by atoms with Gasteiger partial charge in [-0.3, -0.25) is 4.98 Å². The SMILES string of the molecule is Clc1ccccc1C=C([B]c1nccn1CCc1ccccc1)c1ccccc1Cl. The van der Waals surface area contributed by atoms with Crippen LogP contribution in [0.15, 0.2) is 91.3 Å². The van der Waals surface area contributed by atoms with Gasteiger partial charge in [-0.2, -0.15) is 0 Å². The summed E-state index contributed by atoms with van der Waals surface area (Å²) in [5.74, 6) is 0. The van der Waals surface area contributed by atoms with Crippen molar-refractivity contribution in [2.24, 2.45) is 0 Å². The summed E-state index contributed by atoms with van der Waals surface area (Å²) < 4.78 is 2.16. The lowest BCUT2D eigenvalue weighted by atomic mass is 9.65. The van der Waals surface area contributed by atoms with E-state index in [0.29, 0.717) is 10.0 Å². The van der Waals surface area contributed by atoms with Gasteiger partial charge in [0.1, 0.15) is 0 Å². The Morgan fingerprint density at radius 1 is 0.867 bits per heavy atom. The van der Waals surface area contributed by atoms with Crippen molar-refractivity contribution in [3.05, 3.63) is 118 Å². The summed E-state index contributed by atoms with van der Waals surface area (Å²) in [6.45, 7) is 0.845. The van der Waals surface area contributed by atoms with E-state index in [0.717, 1.165) is 35.3 Å². The highest BCUT2D eigenvalue weighted by Crippen LogP contribution is 2.27. The fraction of sp³-hybridized carbons (Fsp3) is 0.0800. The predicted molar refractivity (Wildman–Crippen MR) is 129 cm³/mol. The first-order valence-electron chi connectivity index (χ1n) is 9.81. The van der Waals surface area contributed by atoms with Gasteiger partial charge in [0, 0.05) is 29.0 Å². The number of halogens is 2. The number of hydrogen-bond acceptors (Lipinski definition) is 1. The zero-order valence-corrected chi connectivity index (χ0v) is 17.9. The van der Waals surface area contributed by atoms with Crippen LogP contribution in [0.4, 0.5) is 0 Å². The largest absolute Gasteiger partial charge is 0.343 e. The maximum absolute atomic E-state index is 6.53. The summed E-state index contributed by atoms with van der Waals surface area (Å²) in [6.07, 6.45) is 6.83. The molecule has 1 aromatic heterocycles. The molecule has 0 unspecified atom stereocenters. The highest BCUT2D eigenvalue weighted by Gasteiger charge is 2.14. The van der Waals surface area contributed by atoms with Crippen molar-refractivity contribution in [3.8, 4) is 0 Å². The van der Waals surface area contributed by atoms with Gasteiger partial charge in [0.05, 0.1) is 5.72 Å². The molecule has 147 valence electrons. The third-order valence-corrected chi connectivity index (χ3v) is 5.59. The van der Waals surface area contributed by atoms with Crippen molar-refractivity contribution in [2.45, 2.75) is 13.0 Å². The summed E-state index contributed by atoms with van der Waals surface area (Å²) in [5, 5.41) is 1.39. The first kappa shape index (κ1) is 20.5. The van der Waals surface area contributed by atoms with Crippen LogP contribution in [0.5, 0.6) is 0 Å². The molecule has 30 heavy (non-hydrogen) atoms. The molecule has 0 aliphatic carbocycles. The molecular formula is C25H20BCl2N2. The summed E-state index contributed by atoms with van der Waals surface area (Å²) in [4.78, 5) is 4.58. The van der Waals surface area contributed by atoms with Crippen molar-refractivity contribution >= 4 is 47.8 Å². The van der Waals surface area contributed by atoms with Gasteiger partial charge in [-0.25, -0.2) is 0 Å². The molecule has 0 N–H and O–H groups in total. The van der Waals surface area contributed by atoms with Crippen LogP contribution in [-0.2, 0) is 13.0 Å². The van der Waals surface area contributed by atoms with E-state index < -0.39 is 0 Å². The molecule has 4 rings (SSSR count). The Balaban J connectivity index is 1.64. The number of rotatable bonds is 7. The first-order chi connectivity index (χ1) is 14.7. The second-order valence-corrected chi connectivity index (χ2v) is 7.77. The zero-order valence-electron chi connectivity index (χ0n) is 16.4. The van der Waals surface area contributed by atoms with E-state index in [1.54, 1.807) is 0 Å². The van der Waals surface area contributed by atoms with Gasteiger partial charge < -0.3 is 4.57 Å². The van der Waals surface area contributed by atoms with Gasteiger partial charge in [0.25, 0.3) is 0 Å². The van der Waals surface area contributed by atoms with Crippen LogP contribution in [0, 0.1) is 0 Å². The normalized spacial score (nSPS) is 11.5. The van der Waals surface area contributed by atoms with E-state index in [1.807, 2.05) is 67.0 Å². The van der Waals surface area contributed by atoms with Crippen molar-refractivity contribution in [2.75, 3.05) is 0 Å². The van der Waals surface area contributed by atoms with Gasteiger partial charge in [-0.05, 0) is 35.2 Å². The molecule has 0 fully saturated rings. The van der Waals surface area contributed by atoms with Crippen LogP contribution < -0.4 is 5.72 Å². The molecule has 2 nitrogen and oxygen atoms in total. The van der Waals surface area contributed by atoms with E-state index in [9.17, 15) is 0 Å². The molecule has 0 amide bonds. The lowest BCUT2D eigenvalue weighted by Gasteiger charge is -2.12. The Morgan fingerprint density at radius 2 is 1.57 bits per heavy atom. The topological polar surface area (TPSA) is 17.8 Å². The summed E-state index contributed by atoms with van der Waals surface area (Å²) in [7, 11) is 2.07.